The Morgan fingerprint density at radius 1 is 1.10 bits per heavy atom. The lowest BCUT2D eigenvalue weighted by molar-refractivity contribution is -0.189. The van der Waals surface area contributed by atoms with Crippen molar-refractivity contribution in [1.82, 2.24) is 0 Å². The number of esters is 1. The summed E-state index contributed by atoms with van der Waals surface area (Å²) in [6, 6.07) is 7.63. The molecule has 1 aromatic rings. The fourth-order valence-electron chi connectivity index (χ4n) is 3.73. The monoisotopic (exact) mass is 350 g/mol. The summed E-state index contributed by atoms with van der Waals surface area (Å²) in [6.45, 7) is 3.79. The van der Waals surface area contributed by atoms with Gasteiger partial charge in [0.15, 0.2) is 5.78 Å². The Bertz CT molecular complexity index is 583. The third-order valence-corrected chi connectivity index (χ3v) is 5.45. The Morgan fingerprint density at radius 2 is 1.67 bits per heavy atom. The average Bonchev–Trinajstić information content (AvgIpc) is 2.94. The first-order chi connectivity index (χ1) is 9.88. The molecule has 0 amide bonds. The molecule has 0 N–H and O–H groups in total. The number of benzene rings is 1. The molecule has 1 spiro atoms. The molecule has 1 saturated heterocycles. The van der Waals surface area contributed by atoms with Crippen molar-refractivity contribution in [2.45, 2.75) is 45.6 Å². The minimum Gasteiger partial charge on any atom is -0.456 e. The SMILES string of the molecule is CC1(C)C(=O)C2(CCCC2)C(=O)O[C@H]1c1ccc(Br)cc1. The maximum Gasteiger partial charge on any atom is 0.320 e. The molecular weight excluding hydrogens is 332 g/mol. The molecule has 0 aromatic heterocycles. The van der Waals surface area contributed by atoms with Crippen molar-refractivity contribution in [1.29, 1.82) is 0 Å². The second-order valence-corrected chi connectivity index (χ2v) is 7.59. The molecule has 0 bridgehead atoms. The van der Waals surface area contributed by atoms with Gasteiger partial charge in [-0.3, -0.25) is 9.59 Å². The minimum absolute atomic E-state index is 0.0525. The van der Waals surface area contributed by atoms with E-state index in [0.29, 0.717) is 12.8 Å². The highest BCUT2D eigenvalue weighted by atomic mass is 79.9. The zero-order valence-corrected chi connectivity index (χ0v) is 13.9. The maximum absolute atomic E-state index is 13.0. The van der Waals surface area contributed by atoms with E-state index in [1.165, 1.54) is 0 Å². The van der Waals surface area contributed by atoms with Crippen molar-refractivity contribution in [2.75, 3.05) is 0 Å². The van der Waals surface area contributed by atoms with E-state index in [1.54, 1.807) is 0 Å². The van der Waals surface area contributed by atoms with E-state index in [0.717, 1.165) is 22.9 Å². The smallest absolute Gasteiger partial charge is 0.320 e. The molecule has 3 rings (SSSR count). The Hall–Kier alpha value is -1.16. The largest absolute Gasteiger partial charge is 0.456 e. The molecule has 21 heavy (non-hydrogen) atoms. The van der Waals surface area contributed by atoms with Crippen molar-refractivity contribution >= 4 is 27.7 Å². The zero-order chi connectivity index (χ0) is 15.3. The molecule has 2 fully saturated rings. The Morgan fingerprint density at radius 3 is 2.24 bits per heavy atom. The fraction of sp³-hybridized carbons (Fsp3) is 0.529. The van der Waals surface area contributed by atoms with Crippen LogP contribution in [0.5, 0.6) is 0 Å². The van der Waals surface area contributed by atoms with Crippen LogP contribution in [0.1, 0.15) is 51.2 Å². The van der Waals surface area contributed by atoms with E-state index < -0.39 is 16.9 Å². The zero-order valence-electron chi connectivity index (χ0n) is 12.3. The van der Waals surface area contributed by atoms with Crippen LogP contribution in [0.2, 0.25) is 0 Å². The topological polar surface area (TPSA) is 43.4 Å². The molecule has 3 nitrogen and oxygen atoms in total. The highest BCUT2D eigenvalue weighted by Crippen LogP contribution is 2.53. The Labute approximate surface area is 133 Å². The first kappa shape index (κ1) is 14.8. The van der Waals surface area contributed by atoms with Crippen LogP contribution >= 0.6 is 15.9 Å². The first-order valence-corrected chi connectivity index (χ1v) is 8.19. The van der Waals surface area contributed by atoms with E-state index in [-0.39, 0.29) is 11.8 Å². The normalized spacial score (nSPS) is 26.9. The van der Waals surface area contributed by atoms with E-state index in [4.69, 9.17) is 4.74 Å². The third kappa shape index (κ3) is 2.15. The average molecular weight is 351 g/mol. The summed E-state index contributed by atoms with van der Waals surface area (Å²) in [6.07, 6.45) is 2.64. The van der Waals surface area contributed by atoms with Gasteiger partial charge in [-0.05, 0) is 44.4 Å². The van der Waals surface area contributed by atoms with E-state index in [9.17, 15) is 9.59 Å². The number of cyclic esters (lactones) is 1. The van der Waals surface area contributed by atoms with E-state index >= 15 is 0 Å². The number of rotatable bonds is 1. The summed E-state index contributed by atoms with van der Waals surface area (Å²) in [5, 5.41) is 0. The molecule has 2 aliphatic rings. The number of Topliss-reactive ketones (excluding diaryl/α,β-unsaturated/α-hetero) is 1. The van der Waals surface area contributed by atoms with Gasteiger partial charge in [0.25, 0.3) is 0 Å². The quantitative estimate of drug-likeness (QED) is 0.563. The van der Waals surface area contributed by atoms with Gasteiger partial charge in [0.1, 0.15) is 11.5 Å². The first-order valence-electron chi connectivity index (χ1n) is 7.39. The molecule has 1 atom stereocenters. The molecule has 4 heteroatoms. The molecule has 0 radical (unpaired) electrons. The highest BCUT2D eigenvalue weighted by molar-refractivity contribution is 9.10. The van der Waals surface area contributed by atoms with E-state index in [1.807, 2.05) is 38.1 Å². The van der Waals surface area contributed by atoms with Gasteiger partial charge in [-0.1, -0.05) is 40.9 Å². The van der Waals surface area contributed by atoms with Crippen LogP contribution < -0.4 is 0 Å². The van der Waals surface area contributed by atoms with Crippen LogP contribution in [0.25, 0.3) is 0 Å². The summed E-state index contributed by atoms with van der Waals surface area (Å²) < 4.78 is 6.72. The van der Waals surface area contributed by atoms with Crippen LogP contribution in [0.15, 0.2) is 28.7 Å². The van der Waals surface area contributed by atoms with Crippen molar-refractivity contribution in [2.24, 2.45) is 10.8 Å². The molecule has 1 aromatic carbocycles. The van der Waals surface area contributed by atoms with Crippen LogP contribution in [-0.2, 0) is 14.3 Å². The molecule has 1 heterocycles. The third-order valence-electron chi connectivity index (χ3n) is 4.92. The van der Waals surface area contributed by atoms with Gasteiger partial charge in [-0.15, -0.1) is 0 Å². The van der Waals surface area contributed by atoms with Crippen molar-refractivity contribution in [3.8, 4) is 0 Å². The van der Waals surface area contributed by atoms with Crippen LogP contribution in [-0.4, -0.2) is 11.8 Å². The number of hydrogen-bond donors (Lipinski definition) is 0. The maximum atomic E-state index is 13.0. The lowest BCUT2D eigenvalue weighted by Crippen LogP contribution is -2.53. The van der Waals surface area contributed by atoms with Crippen LogP contribution in [0.4, 0.5) is 0 Å². The summed E-state index contributed by atoms with van der Waals surface area (Å²) in [4.78, 5) is 25.5. The van der Waals surface area contributed by atoms with Gasteiger partial charge in [0.2, 0.25) is 0 Å². The highest BCUT2D eigenvalue weighted by Gasteiger charge is 2.60. The minimum atomic E-state index is -0.880. The summed E-state index contributed by atoms with van der Waals surface area (Å²) >= 11 is 3.40. The van der Waals surface area contributed by atoms with Gasteiger partial charge < -0.3 is 4.74 Å². The number of ketones is 1. The molecular formula is C17H19BrO3. The van der Waals surface area contributed by atoms with Crippen molar-refractivity contribution in [3.05, 3.63) is 34.3 Å². The van der Waals surface area contributed by atoms with Gasteiger partial charge in [-0.25, -0.2) is 0 Å². The van der Waals surface area contributed by atoms with Crippen LogP contribution in [0, 0.1) is 10.8 Å². The second kappa shape index (κ2) is 4.94. The Kier molecular flexibility index (Phi) is 3.47. The predicted octanol–water partition coefficient (Wildman–Crippen LogP) is 4.20. The molecule has 1 aliphatic carbocycles. The molecule has 1 aliphatic heterocycles. The molecule has 1 saturated carbocycles. The van der Waals surface area contributed by atoms with Crippen molar-refractivity contribution < 1.29 is 14.3 Å². The van der Waals surface area contributed by atoms with Gasteiger partial charge >= 0.3 is 5.97 Å². The molecule has 0 unspecified atom stereocenters. The lowest BCUT2D eigenvalue weighted by atomic mass is 9.64. The number of halogens is 1. The summed E-state index contributed by atoms with van der Waals surface area (Å²) in [5.41, 5.74) is -0.695. The van der Waals surface area contributed by atoms with Gasteiger partial charge in [0.05, 0.1) is 5.41 Å². The number of ether oxygens (including phenoxy) is 1. The lowest BCUT2D eigenvalue weighted by Gasteiger charge is -2.44. The standard InChI is InChI=1S/C17H19BrO3/c1-16(2)13(11-5-7-12(18)8-6-11)21-15(20)17(14(16)19)9-3-4-10-17/h5-8,13H,3-4,9-10H2,1-2H3/t13-/m0/s1. The van der Waals surface area contributed by atoms with Gasteiger partial charge in [0, 0.05) is 4.47 Å². The van der Waals surface area contributed by atoms with E-state index in [2.05, 4.69) is 15.9 Å². The number of carbonyl (C=O) groups excluding carboxylic acids is 2. The van der Waals surface area contributed by atoms with Crippen molar-refractivity contribution in [3.63, 3.8) is 0 Å². The predicted molar refractivity (Wildman–Crippen MR) is 82.7 cm³/mol. The second-order valence-electron chi connectivity index (χ2n) is 6.68. The summed E-state index contributed by atoms with van der Waals surface area (Å²) in [5.74, 6) is -0.270. The summed E-state index contributed by atoms with van der Waals surface area (Å²) in [7, 11) is 0. The fourth-order valence-corrected chi connectivity index (χ4v) is 3.99. The molecule has 112 valence electrons. The van der Waals surface area contributed by atoms with Crippen LogP contribution in [0.3, 0.4) is 0 Å². The number of carbonyl (C=O) groups is 2. The van der Waals surface area contributed by atoms with Gasteiger partial charge in [-0.2, -0.15) is 0 Å². The Balaban J connectivity index is 2.00. The number of hydrogen-bond acceptors (Lipinski definition) is 3.